The summed E-state index contributed by atoms with van der Waals surface area (Å²) >= 11 is 0. The van der Waals surface area contributed by atoms with Gasteiger partial charge >= 0.3 is 0 Å². The highest BCUT2D eigenvalue weighted by atomic mass is 16.2. The van der Waals surface area contributed by atoms with Crippen molar-refractivity contribution in [3.8, 4) is 0 Å². The van der Waals surface area contributed by atoms with Crippen LogP contribution in [0.2, 0.25) is 0 Å². The molecule has 0 N–H and O–H groups in total. The molecule has 1 aromatic carbocycles. The largest absolute Gasteiger partial charge is 0.337 e. The normalized spacial score (nSPS) is 12.3. The van der Waals surface area contributed by atoms with Crippen LogP contribution in [-0.2, 0) is 11.2 Å². The van der Waals surface area contributed by atoms with Crippen molar-refractivity contribution in [1.29, 1.82) is 0 Å². The van der Waals surface area contributed by atoms with E-state index in [0.717, 1.165) is 12.1 Å². The molecule has 106 valence electrons. The van der Waals surface area contributed by atoms with Gasteiger partial charge in [0.05, 0.1) is 6.42 Å². The number of hydrogen-bond donors (Lipinski definition) is 0. The smallest absolute Gasteiger partial charge is 0.227 e. The Balaban J connectivity index is 2.84. The first-order valence-electron chi connectivity index (χ1n) is 6.94. The maximum atomic E-state index is 12.6. The molecule has 0 heterocycles. The van der Waals surface area contributed by atoms with Crippen LogP contribution in [0.3, 0.4) is 0 Å². The van der Waals surface area contributed by atoms with Gasteiger partial charge in [-0.3, -0.25) is 4.79 Å². The van der Waals surface area contributed by atoms with Crippen molar-refractivity contribution >= 4 is 5.91 Å². The van der Waals surface area contributed by atoms with E-state index >= 15 is 0 Å². The molecule has 0 fully saturated rings. The third-order valence-electron chi connectivity index (χ3n) is 2.94. The number of rotatable bonds is 3. The van der Waals surface area contributed by atoms with Crippen LogP contribution >= 0.6 is 0 Å². The van der Waals surface area contributed by atoms with E-state index in [4.69, 9.17) is 0 Å². The van der Waals surface area contributed by atoms with Gasteiger partial charge in [-0.15, -0.1) is 0 Å². The maximum absolute atomic E-state index is 12.6. The van der Waals surface area contributed by atoms with E-state index in [1.165, 1.54) is 0 Å². The highest BCUT2D eigenvalue weighted by molar-refractivity contribution is 5.79. The Bertz CT molecular complexity index is 409. The molecule has 1 amide bonds. The van der Waals surface area contributed by atoms with Crippen molar-refractivity contribution < 1.29 is 4.79 Å². The Morgan fingerprint density at radius 2 is 1.53 bits per heavy atom. The van der Waals surface area contributed by atoms with E-state index in [-0.39, 0.29) is 16.9 Å². The molecule has 0 saturated heterocycles. The lowest BCUT2D eigenvalue weighted by atomic mass is 9.92. The predicted molar refractivity (Wildman–Crippen MR) is 81.1 cm³/mol. The van der Waals surface area contributed by atoms with Gasteiger partial charge in [0.1, 0.15) is 0 Å². The van der Waals surface area contributed by atoms with Gasteiger partial charge in [-0.1, -0.05) is 51.1 Å². The molecule has 0 bridgehead atoms. The third kappa shape index (κ3) is 5.46. The molecule has 2 heteroatoms. The Hall–Kier alpha value is -1.31. The predicted octanol–water partition coefficient (Wildman–Crippen LogP) is 3.90. The van der Waals surface area contributed by atoms with Gasteiger partial charge in [-0.25, -0.2) is 0 Å². The molecule has 1 rings (SSSR count). The molecule has 0 unspecified atom stereocenters. The van der Waals surface area contributed by atoms with E-state index in [1.807, 2.05) is 35.2 Å². The van der Waals surface area contributed by atoms with Gasteiger partial charge in [-0.05, 0) is 31.7 Å². The first kappa shape index (κ1) is 15.7. The molecule has 1 aromatic rings. The van der Waals surface area contributed by atoms with Gasteiger partial charge in [0.15, 0.2) is 0 Å². The second-order valence-corrected chi connectivity index (χ2v) is 7.37. The van der Waals surface area contributed by atoms with Crippen LogP contribution < -0.4 is 0 Å². The summed E-state index contributed by atoms with van der Waals surface area (Å²) in [4.78, 5) is 14.6. The lowest BCUT2D eigenvalue weighted by Crippen LogP contribution is -2.49. The van der Waals surface area contributed by atoms with Crippen molar-refractivity contribution in [2.45, 2.75) is 53.5 Å². The summed E-state index contributed by atoms with van der Waals surface area (Å²) in [6.45, 7) is 13.6. The molecule has 2 nitrogen and oxygen atoms in total. The van der Waals surface area contributed by atoms with E-state index in [0.29, 0.717) is 6.42 Å². The zero-order chi connectivity index (χ0) is 14.7. The monoisotopic (exact) mass is 261 g/mol. The lowest BCUT2D eigenvalue weighted by molar-refractivity contribution is -0.137. The van der Waals surface area contributed by atoms with Crippen LogP contribution in [0.1, 0.15) is 47.1 Å². The summed E-state index contributed by atoms with van der Waals surface area (Å²) in [5.74, 6) is 0.202. The summed E-state index contributed by atoms with van der Waals surface area (Å²) in [5.41, 5.74) is 1.05. The fourth-order valence-corrected chi connectivity index (χ4v) is 2.04. The highest BCUT2D eigenvalue weighted by Gasteiger charge is 2.29. The minimum Gasteiger partial charge on any atom is -0.337 e. The van der Waals surface area contributed by atoms with Gasteiger partial charge < -0.3 is 4.90 Å². The second kappa shape index (κ2) is 5.77. The second-order valence-electron chi connectivity index (χ2n) is 7.37. The van der Waals surface area contributed by atoms with Crippen molar-refractivity contribution in [1.82, 2.24) is 4.90 Å². The SMILES string of the molecule is CC(C)(C)CN(C(=O)Cc1ccccc1)C(C)(C)C. The molecule has 0 aromatic heterocycles. The average Bonchev–Trinajstić information content (AvgIpc) is 2.24. The Morgan fingerprint density at radius 3 is 1.95 bits per heavy atom. The average molecular weight is 261 g/mol. The van der Waals surface area contributed by atoms with Crippen LogP contribution in [0.4, 0.5) is 0 Å². The molecular formula is C17H27NO. The number of nitrogens with zero attached hydrogens (tertiary/aromatic N) is 1. The van der Waals surface area contributed by atoms with Crippen LogP contribution in [0.15, 0.2) is 30.3 Å². The lowest BCUT2D eigenvalue weighted by Gasteiger charge is -2.40. The molecule has 0 aliphatic heterocycles. The van der Waals surface area contributed by atoms with E-state index in [2.05, 4.69) is 41.5 Å². The van der Waals surface area contributed by atoms with Crippen LogP contribution in [-0.4, -0.2) is 22.9 Å². The van der Waals surface area contributed by atoms with Crippen molar-refractivity contribution in [2.75, 3.05) is 6.54 Å². The highest BCUT2D eigenvalue weighted by Crippen LogP contribution is 2.23. The fourth-order valence-electron chi connectivity index (χ4n) is 2.04. The summed E-state index contributed by atoms with van der Waals surface area (Å²) < 4.78 is 0. The first-order valence-corrected chi connectivity index (χ1v) is 6.94. The summed E-state index contributed by atoms with van der Waals surface area (Å²) in [6.07, 6.45) is 0.480. The van der Waals surface area contributed by atoms with Gasteiger partial charge in [0.2, 0.25) is 5.91 Å². The molecule has 0 atom stereocenters. The number of amides is 1. The summed E-state index contributed by atoms with van der Waals surface area (Å²) in [6, 6.07) is 9.96. The minimum absolute atomic E-state index is 0.111. The summed E-state index contributed by atoms with van der Waals surface area (Å²) in [5, 5.41) is 0. The van der Waals surface area contributed by atoms with Gasteiger partial charge in [0, 0.05) is 12.1 Å². The van der Waals surface area contributed by atoms with Gasteiger partial charge in [-0.2, -0.15) is 0 Å². The van der Waals surface area contributed by atoms with E-state index in [9.17, 15) is 4.79 Å². The molecule has 0 aliphatic carbocycles. The Labute approximate surface area is 117 Å². The van der Waals surface area contributed by atoms with Crippen molar-refractivity contribution in [3.63, 3.8) is 0 Å². The molecule has 0 spiro atoms. The molecule has 0 saturated carbocycles. The summed E-state index contributed by atoms with van der Waals surface area (Å²) in [7, 11) is 0. The topological polar surface area (TPSA) is 20.3 Å². The van der Waals surface area contributed by atoms with E-state index in [1.54, 1.807) is 0 Å². The number of carbonyl (C=O) groups excluding carboxylic acids is 1. The standard InChI is InChI=1S/C17H27NO/c1-16(2,3)13-18(17(4,5)6)15(19)12-14-10-8-7-9-11-14/h7-11H,12-13H2,1-6H3. The maximum Gasteiger partial charge on any atom is 0.227 e. The van der Waals surface area contributed by atoms with Crippen LogP contribution in [0, 0.1) is 5.41 Å². The molecular weight excluding hydrogens is 234 g/mol. The van der Waals surface area contributed by atoms with Crippen molar-refractivity contribution in [3.05, 3.63) is 35.9 Å². The zero-order valence-electron chi connectivity index (χ0n) is 13.2. The molecule has 0 radical (unpaired) electrons. The number of carbonyl (C=O) groups is 1. The number of hydrogen-bond acceptors (Lipinski definition) is 1. The van der Waals surface area contributed by atoms with Crippen molar-refractivity contribution in [2.24, 2.45) is 5.41 Å². The van der Waals surface area contributed by atoms with Crippen LogP contribution in [0.5, 0.6) is 0 Å². The Morgan fingerprint density at radius 1 is 1.00 bits per heavy atom. The fraction of sp³-hybridized carbons (Fsp3) is 0.588. The Kier molecular flexibility index (Phi) is 4.78. The quantitative estimate of drug-likeness (QED) is 0.808. The number of benzene rings is 1. The first-order chi connectivity index (χ1) is 8.59. The minimum atomic E-state index is -0.140. The van der Waals surface area contributed by atoms with E-state index < -0.39 is 0 Å². The molecule has 0 aliphatic rings. The van der Waals surface area contributed by atoms with Crippen LogP contribution in [0.25, 0.3) is 0 Å². The zero-order valence-corrected chi connectivity index (χ0v) is 13.2. The molecule has 19 heavy (non-hydrogen) atoms. The van der Waals surface area contributed by atoms with Gasteiger partial charge in [0.25, 0.3) is 0 Å². The third-order valence-corrected chi connectivity index (χ3v) is 2.94.